The molecule has 0 fully saturated rings. The predicted molar refractivity (Wildman–Crippen MR) is 102 cm³/mol. The number of esters is 1. The Labute approximate surface area is 156 Å². The van der Waals surface area contributed by atoms with E-state index in [4.69, 9.17) is 4.74 Å². The van der Waals surface area contributed by atoms with Crippen molar-refractivity contribution >= 4 is 22.5 Å². The molecular formula is C21H20N2O4. The van der Waals surface area contributed by atoms with E-state index in [1.807, 2.05) is 19.1 Å². The van der Waals surface area contributed by atoms with Gasteiger partial charge in [0.25, 0.3) is 5.56 Å². The van der Waals surface area contributed by atoms with Gasteiger partial charge in [-0.3, -0.25) is 14.4 Å². The van der Waals surface area contributed by atoms with Gasteiger partial charge in [-0.25, -0.2) is 4.68 Å². The van der Waals surface area contributed by atoms with Crippen molar-refractivity contribution in [3.8, 4) is 0 Å². The second-order valence-electron chi connectivity index (χ2n) is 6.23. The molecule has 0 saturated heterocycles. The van der Waals surface area contributed by atoms with Crippen molar-refractivity contribution in [2.75, 3.05) is 6.61 Å². The van der Waals surface area contributed by atoms with Crippen LogP contribution in [-0.2, 0) is 22.5 Å². The van der Waals surface area contributed by atoms with E-state index in [1.165, 1.54) is 0 Å². The monoisotopic (exact) mass is 364 g/mol. The Morgan fingerprint density at radius 2 is 1.70 bits per heavy atom. The van der Waals surface area contributed by atoms with E-state index in [9.17, 15) is 14.4 Å². The maximum atomic E-state index is 12.7. The van der Waals surface area contributed by atoms with Gasteiger partial charge in [0, 0.05) is 10.9 Å². The SMILES string of the molecule is CCOC(=O)Cc1nn(CC(=O)c2ccc(C)cc2)c(=O)c2ccccc12. The molecule has 1 aromatic heterocycles. The lowest BCUT2D eigenvalue weighted by Crippen LogP contribution is -2.29. The molecule has 6 heteroatoms. The molecule has 0 spiro atoms. The van der Waals surface area contributed by atoms with Gasteiger partial charge >= 0.3 is 5.97 Å². The second kappa shape index (κ2) is 7.95. The van der Waals surface area contributed by atoms with Gasteiger partial charge < -0.3 is 4.74 Å². The van der Waals surface area contributed by atoms with Crippen LogP contribution in [0.5, 0.6) is 0 Å². The summed E-state index contributed by atoms with van der Waals surface area (Å²) < 4.78 is 6.12. The van der Waals surface area contributed by atoms with E-state index in [1.54, 1.807) is 43.3 Å². The molecule has 0 aliphatic carbocycles. The molecule has 0 unspecified atom stereocenters. The summed E-state index contributed by atoms with van der Waals surface area (Å²) in [5.41, 5.74) is 1.61. The molecule has 1 heterocycles. The maximum absolute atomic E-state index is 12.7. The van der Waals surface area contributed by atoms with Crippen molar-refractivity contribution in [3.63, 3.8) is 0 Å². The number of aryl methyl sites for hydroxylation is 1. The number of Topliss-reactive ketones (excluding diaryl/α,β-unsaturated/α-hetero) is 1. The van der Waals surface area contributed by atoms with Gasteiger partial charge in [0.15, 0.2) is 5.78 Å². The fourth-order valence-corrected chi connectivity index (χ4v) is 2.86. The minimum Gasteiger partial charge on any atom is -0.466 e. The standard InChI is InChI=1S/C21H20N2O4/c1-3-27-20(25)12-18-16-6-4-5-7-17(16)21(26)23(22-18)13-19(24)15-10-8-14(2)9-11-15/h4-11H,3,12-13H2,1-2H3. The summed E-state index contributed by atoms with van der Waals surface area (Å²) >= 11 is 0. The first-order valence-corrected chi connectivity index (χ1v) is 8.74. The largest absolute Gasteiger partial charge is 0.466 e. The van der Waals surface area contributed by atoms with Crippen molar-refractivity contribution in [2.45, 2.75) is 26.8 Å². The van der Waals surface area contributed by atoms with Gasteiger partial charge in [-0.15, -0.1) is 0 Å². The van der Waals surface area contributed by atoms with Gasteiger partial charge in [0.2, 0.25) is 0 Å². The highest BCUT2D eigenvalue weighted by Gasteiger charge is 2.16. The van der Waals surface area contributed by atoms with Gasteiger partial charge in [0.1, 0.15) is 6.54 Å². The predicted octanol–water partition coefficient (Wildman–Crippen LogP) is 2.69. The minimum absolute atomic E-state index is 0.0621. The molecular weight excluding hydrogens is 344 g/mol. The molecule has 0 saturated carbocycles. The normalized spacial score (nSPS) is 10.7. The highest BCUT2D eigenvalue weighted by atomic mass is 16.5. The number of fused-ring (bicyclic) bond motifs is 1. The number of hydrogen-bond donors (Lipinski definition) is 0. The third-order valence-electron chi connectivity index (χ3n) is 4.23. The zero-order chi connectivity index (χ0) is 19.4. The number of carbonyl (C=O) groups excluding carboxylic acids is 2. The Kier molecular flexibility index (Phi) is 5.45. The van der Waals surface area contributed by atoms with Crippen LogP contribution in [-0.4, -0.2) is 28.1 Å². The van der Waals surface area contributed by atoms with Crippen LogP contribution < -0.4 is 5.56 Å². The lowest BCUT2D eigenvalue weighted by molar-refractivity contribution is -0.142. The van der Waals surface area contributed by atoms with Crippen molar-refractivity contribution in [1.82, 2.24) is 9.78 Å². The van der Waals surface area contributed by atoms with Crippen LogP contribution in [0.3, 0.4) is 0 Å². The van der Waals surface area contributed by atoms with Gasteiger partial charge in [-0.1, -0.05) is 48.0 Å². The minimum atomic E-state index is -0.426. The Morgan fingerprint density at radius 1 is 1.04 bits per heavy atom. The number of rotatable bonds is 6. The molecule has 0 N–H and O–H groups in total. The van der Waals surface area contributed by atoms with E-state index in [-0.39, 0.29) is 30.9 Å². The molecule has 0 atom stereocenters. The average Bonchev–Trinajstić information content (AvgIpc) is 2.66. The molecule has 3 rings (SSSR count). The van der Waals surface area contributed by atoms with E-state index in [0.29, 0.717) is 22.0 Å². The van der Waals surface area contributed by atoms with E-state index < -0.39 is 5.97 Å². The molecule has 0 amide bonds. The van der Waals surface area contributed by atoms with Gasteiger partial charge in [0.05, 0.1) is 24.1 Å². The smallest absolute Gasteiger partial charge is 0.311 e. The zero-order valence-corrected chi connectivity index (χ0v) is 15.3. The molecule has 0 aliphatic heterocycles. The van der Waals surface area contributed by atoms with Gasteiger partial charge in [-0.05, 0) is 19.9 Å². The van der Waals surface area contributed by atoms with E-state index >= 15 is 0 Å². The fourth-order valence-electron chi connectivity index (χ4n) is 2.86. The summed E-state index contributed by atoms with van der Waals surface area (Å²) in [5.74, 6) is -0.646. The summed E-state index contributed by atoms with van der Waals surface area (Å²) in [6.07, 6.45) is -0.0621. The molecule has 6 nitrogen and oxygen atoms in total. The Hall–Kier alpha value is -3.28. The van der Waals surface area contributed by atoms with Crippen molar-refractivity contribution in [3.05, 3.63) is 75.7 Å². The number of benzene rings is 2. The first kappa shape index (κ1) is 18.5. The maximum Gasteiger partial charge on any atom is 0.311 e. The quantitative estimate of drug-likeness (QED) is 0.496. The molecule has 138 valence electrons. The first-order chi connectivity index (χ1) is 13.0. The highest BCUT2D eigenvalue weighted by Crippen LogP contribution is 2.15. The van der Waals surface area contributed by atoms with Crippen LogP contribution in [0.4, 0.5) is 0 Å². The van der Waals surface area contributed by atoms with Crippen LogP contribution in [0.1, 0.15) is 28.5 Å². The van der Waals surface area contributed by atoms with Crippen molar-refractivity contribution in [2.24, 2.45) is 0 Å². The molecule has 0 aliphatic rings. The number of ketones is 1. The molecule has 2 aromatic carbocycles. The van der Waals surface area contributed by atoms with Crippen molar-refractivity contribution in [1.29, 1.82) is 0 Å². The van der Waals surface area contributed by atoms with Crippen molar-refractivity contribution < 1.29 is 14.3 Å². The van der Waals surface area contributed by atoms with Crippen LogP contribution in [0, 0.1) is 6.92 Å². The highest BCUT2D eigenvalue weighted by molar-refractivity contribution is 5.96. The third-order valence-corrected chi connectivity index (χ3v) is 4.23. The van der Waals surface area contributed by atoms with Crippen LogP contribution in [0.25, 0.3) is 10.8 Å². The summed E-state index contributed by atoms with van der Waals surface area (Å²) in [7, 11) is 0. The summed E-state index contributed by atoms with van der Waals surface area (Å²) in [5, 5.41) is 5.30. The average molecular weight is 364 g/mol. The summed E-state index contributed by atoms with van der Waals surface area (Å²) in [6, 6.07) is 14.1. The fraction of sp³-hybridized carbons (Fsp3) is 0.238. The summed E-state index contributed by atoms with van der Waals surface area (Å²) in [6.45, 7) is 3.74. The number of aromatic nitrogens is 2. The van der Waals surface area contributed by atoms with E-state index in [0.717, 1.165) is 10.2 Å². The number of nitrogens with zero attached hydrogens (tertiary/aromatic N) is 2. The number of hydrogen-bond acceptors (Lipinski definition) is 5. The Bertz CT molecular complexity index is 1050. The second-order valence-corrected chi connectivity index (χ2v) is 6.23. The molecule has 0 radical (unpaired) electrons. The van der Waals surface area contributed by atoms with Crippen LogP contribution >= 0.6 is 0 Å². The molecule has 27 heavy (non-hydrogen) atoms. The van der Waals surface area contributed by atoms with Crippen LogP contribution in [0.15, 0.2) is 53.3 Å². The zero-order valence-electron chi connectivity index (χ0n) is 15.3. The number of ether oxygens (including phenoxy) is 1. The van der Waals surface area contributed by atoms with Crippen LogP contribution in [0.2, 0.25) is 0 Å². The molecule has 0 bridgehead atoms. The Balaban J connectivity index is 2.00. The molecule has 3 aromatic rings. The topological polar surface area (TPSA) is 78.3 Å². The summed E-state index contributed by atoms with van der Waals surface area (Å²) in [4.78, 5) is 37.2. The lowest BCUT2D eigenvalue weighted by atomic mass is 10.1. The lowest BCUT2D eigenvalue weighted by Gasteiger charge is -2.10. The van der Waals surface area contributed by atoms with Gasteiger partial charge in [-0.2, -0.15) is 5.10 Å². The number of carbonyl (C=O) groups is 2. The van der Waals surface area contributed by atoms with E-state index in [2.05, 4.69) is 5.10 Å². The first-order valence-electron chi connectivity index (χ1n) is 8.74. The Morgan fingerprint density at radius 3 is 2.37 bits per heavy atom. The third kappa shape index (κ3) is 4.11.